The molecule has 1 fully saturated rings. The molecule has 0 aromatic heterocycles. The molecule has 114 valence electrons. The third-order valence-electron chi connectivity index (χ3n) is 4.04. The predicted octanol–water partition coefficient (Wildman–Crippen LogP) is 1.73. The van der Waals surface area contributed by atoms with Crippen molar-refractivity contribution in [1.82, 2.24) is 10.2 Å². The van der Waals surface area contributed by atoms with Crippen molar-refractivity contribution in [2.24, 2.45) is 4.99 Å². The van der Waals surface area contributed by atoms with E-state index in [0.717, 1.165) is 37.2 Å². The molecule has 1 N–H and O–H groups in total. The van der Waals surface area contributed by atoms with E-state index < -0.39 is 0 Å². The Labute approximate surface area is 128 Å². The lowest BCUT2D eigenvalue weighted by atomic mass is 10.1. The fraction of sp³-hybridized carbons (Fsp3) is 0.375. The number of carbonyl (C=O) groups excluding carboxylic acids is 1. The van der Waals surface area contributed by atoms with Gasteiger partial charge in [-0.2, -0.15) is 0 Å². The molecule has 3 aliphatic rings. The second-order valence-corrected chi connectivity index (χ2v) is 5.58. The van der Waals surface area contributed by atoms with Gasteiger partial charge in [0, 0.05) is 13.1 Å². The van der Waals surface area contributed by atoms with Crippen LogP contribution in [0.15, 0.2) is 28.9 Å². The van der Waals surface area contributed by atoms with Crippen LogP contribution in [0.5, 0.6) is 11.5 Å². The highest BCUT2D eigenvalue weighted by Crippen LogP contribution is 2.33. The molecule has 22 heavy (non-hydrogen) atoms. The minimum atomic E-state index is -0.154. The van der Waals surface area contributed by atoms with Crippen molar-refractivity contribution in [2.45, 2.75) is 19.3 Å². The van der Waals surface area contributed by atoms with Gasteiger partial charge in [-0.1, -0.05) is 6.07 Å². The number of carbonyl (C=O) groups is 1. The van der Waals surface area contributed by atoms with Gasteiger partial charge >= 0.3 is 0 Å². The summed E-state index contributed by atoms with van der Waals surface area (Å²) in [7, 11) is 0. The Bertz CT molecular complexity index is 675. The third kappa shape index (κ3) is 2.41. The van der Waals surface area contributed by atoms with E-state index >= 15 is 0 Å². The van der Waals surface area contributed by atoms with Crippen molar-refractivity contribution >= 4 is 17.9 Å². The first-order valence-corrected chi connectivity index (χ1v) is 7.56. The van der Waals surface area contributed by atoms with Gasteiger partial charge < -0.3 is 14.4 Å². The fourth-order valence-electron chi connectivity index (χ4n) is 2.87. The zero-order valence-electron chi connectivity index (χ0n) is 12.2. The molecule has 1 amide bonds. The Hall–Kier alpha value is -2.50. The maximum atomic E-state index is 12.1. The molecule has 4 rings (SSSR count). The molecule has 0 aliphatic carbocycles. The van der Waals surface area contributed by atoms with Gasteiger partial charge in [-0.05, 0) is 43.0 Å². The van der Waals surface area contributed by atoms with Crippen LogP contribution in [0.3, 0.4) is 0 Å². The molecule has 3 heterocycles. The van der Waals surface area contributed by atoms with Gasteiger partial charge in [-0.25, -0.2) is 4.99 Å². The van der Waals surface area contributed by atoms with E-state index in [1.165, 1.54) is 6.42 Å². The molecule has 0 spiro atoms. The summed E-state index contributed by atoms with van der Waals surface area (Å²) in [5.41, 5.74) is 1.30. The SMILES string of the molecule is O=C1NC(N2CCCCC2)=N/C1=C\c1ccc2c(c1)OCO2. The van der Waals surface area contributed by atoms with E-state index in [9.17, 15) is 4.79 Å². The monoisotopic (exact) mass is 299 g/mol. The Kier molecular flexibility index (Phi) is 3.21. The van der Waals surface area contributed by atoms with E-state index in [1.807, 2.05) is 18.2 Å². The van der Waals surface area contributed by atoms with Gasteiger partial charge in [0.15, 0.2) is 11.5 Å². The lowest BCUT2D eigenvalue weighted by molar-refractivity contribution is -0.115. The molecule has 0 unspecified atom stereocenters. The average molecular weight is 299 g/mol. The smallest absolute Gasteiger partial charge is 0.276 e. The van der Waals surface area contributed by atoms with Crippen molar-refractivity contribution in [1.29, 1.82) is 0 Å². The standard InChI is InChI=1S/C16H17N3O3/c20-15-12(17-16(18-15)19-6-2-1-3-7-19)8-11-4-5-13-14(9-11)22-10-21-13/h4-5,8-9H,1-3,6-7,10H2,(H,17,18,20)/b12-8-. The van der Waals surface area contributed by atoms with Gasteiger partial charge in [-0.3, -0.25) is 10.1 Å². The summed E-state index contributed by atoms with van der Waals surface area (Å²) in [6.45, 7) is 2.15. The largest absolute Gasteiger partial charge is 0.454 e. The highest BCUT2D eigenvalue weighted by Gasteiger charge is 2.25. The van der Waals surface area contributed by atoms with Crippen molar-refractivity contribution < 1.29 is 14.3 Å². The number of hydrogen-bond donors (Lipinski definition) is 1. The van der Waals surface area contributed by atoms with Crippen molar-refractivity contribution in [2.75, 3.05) is 19.9 Å². The van der Waals surface area contributed by atoms with Crippen LogP contribution in [0.4, 0.5) is 0 Å². The highest BCUT2D eigenvalue weighted by atomic mass is 16.7. The number of hydrogen-bond acceptors (Lipinski definition) is 5. The molecular weight excluding hydrogens is 282 g/mol. The Balaban J connectivity index is 1.58. The first-order chi connectivity index (χ1) is 10.8. The normalized spacial score (nSPS) is 22.0. The lowest BCUT2D eigenvalue weighted by Gasteiger charge is -2.27. The maximum absolute atomic E-state index is 12.1. The van der Waals surface area contributed by atoms with E-state index in [-0.39, 0.29) is 12.7 Å². The van der Waals surface area contributed by atoms with Crippen LogP contribution in [0.1, 0.15) is 24.8 Å². The van der Waals surface area contributed by atoms with Crippen molar-refractivity contribution in [3.05, 3.63) is 29.5 Å². The van der Waals surface area contributed by atoms with Crippen LogP contribution in [0, 0.1) is 0 Å². The zero-order chi connectivity index (χ0) is 14.9. The van der Waals surface area contributed by atoms with E-state index in [4.69, 9.17) is 9.47 Å². The second kappa shape index (κ2) is 5.36. The van der Waals surface area contributed by atoms with Crippen LogP contribution in [-0.2, 0) is 4.79 Å². The van der Waals surface area contributed by atoms with Gasteiger partial charge in [0.25, 0.3) is 5.91 Å². The van der Waals surface area contributed by atoms with E-state index in [0.29, 0.717) is 17.4 Å². The summed E-state index contributed by atoms with van der Waals surface area (Å²) >= 11 is 0. The fourth-order valence-corrected chi connectivity index (χ4v) is 2.87. The number of piperidine rings is 1. The minimum Gasteiger partial charge on any atom is -0.454 e. The average Bonchev–Trinajstić information content (AvgIpc) is 3.15. The van der Waals surface area contributed by atoms with Gasteiger partial charge in [0.1, 0.15) is 5.70 Å². The van der Waals surface area contributed by atoms with Gasteiger partial charge in [-0.15, -0.1) is 0 Å². The number of ether oxygens (including phenoxy) is 2. The summed E-state index contributed by atoms with van der Waals surface area (Å²) in [5, 5.41) is 2.86. The molecule has 6 nitrogen and oxygen atoms in total. The predicted molar refractivity (Wildman–Crippen MR) is 81.5 cm³/mol. The van der Waals surface area contributed by atoms with E-state index in [2.05, 4.69) is 15.2 Å². The Morgan fingerprint density at radius 2 is 1.95 bits per heavy atom. The molecular formula is C16H17N3O3. The molecule has 1 aromatic rings. The number of amides is 1. The Morgan fingerprint density at radius 3 is 2.82 bits per heavy atom. The number of likely N-dealkylation sites (tertiary alicyclic amines) is 1. The summed E-state index contributed by atoms with van der Waals surface area (Å²) in [6.07, 6.45) is 5.32. The summed E-state index contributed by atoms with van der Waals surface area (Å²) in [4.78, 5) is 18.7. The molecule has 1 saturated heterocycles. The van der Waals surface area contributed by atoms with Crippen LogP contribution in [0.25, 0.3) is 6.08 Å². The number of nitrogens with zero attached hydrogens (tertiary/aromatic N) is 2. The molecule has 6 heteroatoms. The number of benzene rings is 1. The molecule has 0 bridgehead atoms. The number of rotatable bonds is 1. The lowest BCUT2D eigenvalue weighted by Crippen LogP contribution is -2.43. The molecule has 0 atom stereocenters. The van der Waals surface area contributed by atoms with Crippen molar-refractivity contribution in [3.63, 3.8) is 0 Å². The van der Waals surface area contributed by atoms with Crippen LogP contribution in [0.2, 0.25) is 0 Å². The molecule has 1 aromatic carbocycles. The summed E-state index contributed by atoms with van der Waals surface area (Å²) < 4.78 is 10.6. The topological polar surface area (TPSA) is 63.2 Å². The second-order valence-electron chi connectivity index (χ2n) is 5.58. The molecule has 3 aliphatic heterocycles. The number of guanidine groups is 1. The first-order valence-electron chi connectivity index (χ1n) is 7.56. The summed E-state index contributed by atoms with van der Waals surface area (Å²) in [5.74, 6) is 1.96. The first kappa shape index (κ1) is 13.2. The quantitative estimate of drug-likeness (QED) is 0.802. The Morgan fingerprint density at radius 1 is 1.14 bits per heavy atom. The van der Waals surface area contributed by atoms with Crippen molar-refractivity contribution in [3.8, 4) is 11.5 Å². The van der Waals surface area contributed by atoms with Gasteiger partial charge in [0.05, 0.1) is 0 Å². The van der Waals surface area contributed by atoms with Crippen LogP contribution in [-0.4, -0.2) is 36.6 Å². The summed E-state index contributed by atoms with van der Waals surface area (Å²) in [6, 6.07) is 5.59. The van der Waals surface area contributed by atoms with Crippen LogP contribution >= 0.6 is 0 Å². The zero-order valence-corrected chi connectivity index (χ0v) is 12.2. The van der Waals surface area contributed by atoms with Crippen LogP contribution < -0.4 is 14.8 Å². The maximum Gasteiger partial charge on any atom is 0.276 e. The molecule has 0 radical (unpaired) electrons. The number of nitrogens with one attached hydrogen (secondary N) is 1. The minimum absolute atomic E-state index is 0.154. The van der Waals surface area contributed by atoms with E-state index in [1.54, 1.807) is 6.08 Å². The van der Waals surface area contributed by atoms with Gasteiger partial charge in [0.2, 0.25) is 12.8 Å². The molecule has 0 saturated carbocycles. The highest BCUT2D eigenvalue weighted by molar-refractivity contribution is 6.13. The number of aliphatic imine (C=N–C) groups is 1. The third-order valence-corrected chi connectivity index (χ3v) is 4.04. The number of fused-ring (bicyclic) bond motifs is 1.